The number of allylic oxidation sites excluding steroid dienone is 1. The van der Waals surface area contributed by atoms with Crippen LogP contribution in [0.4, 0.5) is 0 Å². The van der Waals surface area contributed by atoms with E-state index in [0.717, 1.165) is 5.56 Å². The monoisotopic (exact) mass is 302 g/mol. The molecule has 1 aliphatic carbocycles. The smallest absolute Gasteiger partial charge is 0.338 e. The fourth-order valence-electron chi connectivity index (χ4n) is 2.84. The molecule has 0 radical (unpaired) electrons. The Hall–Kier alpha value is -2.43. The number of esters is 1. The minimum Gasteiger partial charge on any atom is -0.507 e. The second-order valence-electron chi connectivity index (χ2n) is 5.18. The topological polar surface area (TPSA) is 65.0 Å². The lowest BCUT2D eigenvalue weighted by atomic mass is 9.94. The van der Waals surface area contributed by atoms with Crippen molar-refractivity contribution >= 4 is 17.8 Å². The molecule has 1 atom stereocenters. The van der Waals surface area contributed by atoms with E-state index in [0.29, 0.717) is 36.7 Å². The molecule has 2 aliphatic rings. The van der Waals surface area contributed by atoms with E-state index in [1.807, 2.05) is 19.1 Å². The fourth-order valence-corrected chi connectivity index (χ4v) is 2.84. The Morgan fingerprint density at radius 2 is 2.14 bits per heavy atom. The Balaban J connectivity index is 2.22. The fraction of sp³-hybridized carbons (Fsp3) is 0.353. The summed E-state index contributed by atoms with van der Waals surface area (Å²) in [4.78, 5) is 12.1. The summed E-state index contributed by atoms with van der Waals surface area (Å²) in [6, 6.07) is 3.49. The molecule has 0 spiro atoms. The van der Waals surface area contributed by atoms with Crippen LogP contribution in [0.5, 0.6) is 11.5 Å². The van der Waals surface area contributed by atoms with E-state index in [9.17, 15) is 9.90 Å². The van der Waals surface area contributed by atoms with Crippen LogP contribution in [0.25, 0.3) is 11.8 Å². The van der Waals surface area contributed by atoms with Crippen molar-refractivity contribution in [3.05, 3.63) is 34.9 Å². The molecule has 3 rings (SSSR count). The number of ether oxygens (including phenoxy) is 3. The number of aliphatic hydroxyl groups excluding tert-OH is 1. The van der Waals surface area contributed by atoms with Crippen LogP contribution in [0.2, 0.25) is 0 Å². The average Bonchev–Trinajstić information content (AvgIpc) is 2.71. The van der Waals surface area contributed by atoms with Crippen LogP contribution in [0.3, 0.4) is 0 Å². The van der Waals surface area contributed by atoms with Gasteiger partial charge in [0.2, 0.25) is 0 Å². The average molecular weight is 302 g/mol. The molecule has 1 aliphatic heterocycles. The highest BCUT2D eigenvalue weighted by molar-refractivity contribution is 5.99. The molecule has 1 heterocycles. The van der Waals surface area contributed by atoms with Crippen molar-refractivity contribution in [2.24, 2.45) is 5.92 Å². The largest absolute Gasteiger partial charge is 0.507 e. The minimum atomic E-state index is -0.517. The lowest BCUT2D eigenvalue weighted by Crippen LogP contribution is -2.17. The summed E-state index contributed by atoms with van der Waals surface area (Å²) in [5, 5.41) is 10.6. The second kappa shape index (κ2) is 5.75. The van der Waals surface area contributed by atoms with Crippen molar-refractivity contribution in [3.8, 4) is 11.5 Å². The molecule has 22 heavy (non-hydrogen) atoms. The van der Waals surface area contributed by atoms with E-state index in [2.05, 4.69) is 0 Å². The molecular formula is C17H18O5. The number of aliphatic hydroxyl groups is 1. The third kappa shape index (κ3) is 2.22. The van der Waals surface area contributed by atoms with Gasteiger partial charge in [0.15, 0.2) is 11.5 Å². The van der Waals surface area contributed by atoms with Gasteiger partial charge in [-0.3, -0.25) is 0 Å². The maximum atomic E-state index is 12.1. The van der Waals surface area contributed by atoms with Gasteiger partial charge in [0.05, 0.1) is 12.7 Å². The number of carbonyl (C=O) groups excluding carboxylic acids is 1. The molecule has 1 aromatic rings. The molecule has 0 aromatic heterocycles. The standard InChI is InChI=1S/C17H18O5/c1-3-10-4-5-12-11(15(18)14(10)17(19)20-2)6-7-13-16(12)22-9-8-21-13/h4-7,10,18H,3,8-9H2,1-2H3. The molecule has 0 saturated heterocycles. The van der Waals surface area contributed by atoms with Gasteiger partial charge in [0.25, 0.3) is 0 Å². The van der Waals surface area contributed by atoms with Gasteiger partial charge in [-0.15, -0.1) is 0 Å². The predicted molar refractivity (Wildman–Crippen MR) is 81.8 cm³/mol. The Labute approximate surface area is 128 Å². The molecule has 0 saturated carbocycles. The highest BCUT2D eigenvalue weighted by Gasteiger charge is 2.29. The van der Waals surface area contributed by atoms with Gasteiger partial charge < -0.3 is 19.3 Å². The summed E-state index contributed by atoms with van der Waals surface area (Å²) in [5.74, 6) is 0.469. The molecule has 0 bridgehead atoms. The molecule has 0 amide bonds. The van der Waals surface area contributed by atoms with Crippen LogP contribution >= 0.6 is 0 Å². The first kappa shape index (κ1) is 14.5. The first-order chi connectivity index (χ1) is 10.7. The van der Waals surface area contributed by atoms with E-state index in [-0.39, 0.29) is 17.3 Å². The number of rotatable bonds is 2. The first-order valence-corrected chi connectivity index (χ1v) is 7.30. The predicted octanol–water partition coefficient (Wildman–Crippen LogP) is 2.95. The van der Waals surface area contributed by atoms with Crippen LogP contribution < -0.4 is 9.47 Å². The normalized spacial score (nSPS) is 19.5. The summed E-state index contributed by atoms with van der Waals surface area (Å²) in [5.41, 5.74) is 1.56. The van der Waals surface area contributed by atoms with E-state index in [1.165, 1.54) is 7.11 Å². The van der Waals surface area contributed by atoms with Gasteiger partial charge in [-0.1, -0.05) is 19.1 Å². The van der Waals surface area contributed by atoms with E-state index < -0.39 is 5.97 Å². The highest BCUT2D eigenvalue weighted by atomic mass is 16.6. The summed E-state index contributed by atoms with van der Waals surface area (Å²) in [7, 11) is 1.31. The summed E-state index contributed by atoms with van der Waals surface area (Å²) < 4.78 is 16.1. The Morgan fingerprint density at radius 3 is 2.86 bits per heavy atom. The van der Waals surface area contributed by atoms with Crippen molar-refractivity contribution in [2.45, 2.75) is 13.3 Å². The zero-order chi connectivity index (χ0) is 15.7. The first-order valence-electron chi connectivity index (χ1n) is 7.30. The molecule has 1 unspecified atom stereocenters. The lowest BCUT2D eigenvalue weighted by molar-refractivity contribution is -0.136. The summed E-state index contributed by atoms with van der Waals surface area (Å²) >= 11 is 0. The van der Waals surface area contributed by atoms with Gasteiger partial charge in [0.1, 0.15) is 19.0 Å². The van der Waals surface area contributed by atoms with Gasteiger partial charge >= 0.3 is 5.97 Å². The molecule has 5 heteroatoms. The number of benzene rings is 1. The molecule has 116 valence electrons. The summed E-state index contributed by atoms with van der Waals surface area (Å²) in [6.07, 6.45) is 4.45. The van der Waals surface area contributed by atoms with Gasteiger partial charge in [0, 0.05) is 17.0 Å². The number of methoxy groups -OCH3 is 1. The number of fused-ring (bicyclic) bond motifs is 3. The highest BCUT2D eigenvalue weighted by Crippen LogP contribution is 2.42. The van der Waals surface area contributed by atoms with Crippen LogP contribution in [0, 0.1) is 5.92 Å². The quantitative estimate of drug-likeness (QED) is 0.851. The van der Waals surface area contributed by atoms with Crippen molar-refractivity contribution in [1.82, 2.24) is 0 Å². The molecule has 5 nitrogen and oxygen atoms in total. The van der Waals surface area contributed by atoms with Crippen molar-refractivity contribution in [2.75, 3.05) is 20.3 Å². The third-order valence-corrected chi connectivity index (χ3v) is 3.97. The second-order valence-corrected chi connectivity index (χ2v) is 5.18. The maximum absolute atomic E-state index is 12.1. The van der Waals surface area contributed by atoms with Crippen LogP contribution in [-0.2, 0) is 9.53 Å². The van der Waals surface area contributed by atoms with Crippen molar-refractivity contribution in [3.63, 3.8) is 0 Å². The van der Waals surface area contributed by atoms with E-state index >= 15 is 0 Å². The lowest BCUT2D eigenvalue weighted by Gasteiger charge is -2.21. The van der Waals surface area contributed by atoms with Gasteiger partial charge in [-0.25, -0.2) is 4.79 Å². The zero-order valence-corrected chi connectivity index (χ0v) is 12.6. The molecule has 0 fully saturated rings. The van der Waals surface area contributed by atoms with Crippen molar-refractivity contribution in [1.29, 1.82) is 0 Å². The van der Waals surface area contributed by atoms with Crippen LogP contribution in [0.15, 0.2) is 23.8 Å². The maximum Gasteiger partial charge on any atom is 0.338 e. The van der Waals surface area contributed by atoms with E-state index in [1.54, 1.807) is 12.1 Å². The van der Waals surface area contributed by atoms with Crippen LogP contribution in [-0.4, -0.2) is 31.4 Å². The molecular weight excluding hydrogens is 284 g/mol. The SMILES string of the molecule is CCC1C=Cc2c(ccc3c2OCCO3)C(O)=C1C(=O)OC. The Bertz CT molecular complexity index is 672. The molecule has 1 aromatic carbocycles. The Kier molecular flexibility index (Phi) is 3.79. The van der Waals surface area contributed by atoms with Gasteiger partial charge in [-0.2, -0.15) is 0 Å². The van der Waals surface area contributed by atoms with Crippen molar-refractivity contribution < 1.29 is 24.1 Å². The third-order valence-electron chi connectivity index (χ3n) is 3.97. The molecule has 1 N–H and O–H groups in total. The van der Waals surface area contributed by atoms with E-state index in [4.69, 9.17) is 14.2 Å². The number of carbonyl (C=O) groups is 1. The minimum absolute atomic E-state index is 0.0596. The van der Waals surface area contributed by atoms with Crippen LogP contribution in [0.1, 0.15) is 24.5 Å². The Morgan fingerprint density at radius 1 is 1.36 bits per heavy atom. The van der Waals surface area contributed by atoms with Gasteiger partial charge in [-0.05, 0) is 18.6 Å². The summed E-state index contributed by atoms with van der Waals surface area (Å²) in [6.45, 7) is 2.92. The zero-order valence-electron chi connectivity index (χ0n) is 12.6. The number of hydrogen-bond donors (Lipinski definition) is 1. The number of hydrogen-bond acceptors (Lipinski definition) is 5.